The summed E-state index contributed by atoms with van der Waals surface area (Å²) in [6, 6.07) is 2.19. The first kappa shape index (κ1) is 10.1. The summed E-state index contributed by atoms with van der Waals surface area (Å²) in [7, 11) is 0. The molecule has 0 spiro atoms. The number of hydrogen-bond acceptors (Lipinski definition) is 3. The molecule has 2 heterocycles. The summed E-state index contributed by atoms with van der Waals surface area (Å²) in [5, 5.41) is 2.15. The molecule has 2 rings (SSSR count). The van der Waals surface area contributed by atoms with Crippen molar-refractivity contribution in [1.29, 1.82) is 0 Å². The molecule has 78 valence electrons. The normalized spacial score (nSPS) is 29.4. The van der Waals surface area contributed by atoms with E-state index in [-0.39, 0.29) is 11.6 Å². The predicted molar refractivity (Wildman–Crippen MR) is 59.6 cm³/mol. The Morgan fingerprint density at radius 3 is 2.93 bits per heavy atom. The van der Waals surface area contributed by atoms with Gasteiger partial charge in [-0.15, -0.1) is 11.3 Å². The standard InChI is InChI=1S/C11H17NOS/c1-8-6-9(7-14-8)10(12)11(2)4-3-5-13-11/h6-7,10H,3-5,12H2,1-2H3. The van der Waals surface area contributed by atoms with Crippen LogP contribution in [0.15, 0.2) is 11.4 Å². The first-order valence-electron chi connectivity index (χ1n) is 5.06. The monoisotopic (exact) mass is 211 g/mol. The molecule has 1 aromatic heterocycles. The highest BCUT2D eigenvalue weighted by atomic mass is 32.1. The van der Waals surface area contributed by atoms with E-state index < -0.39 is 0 Å². The van der Waals surface area contributed by atoms with Crippen LogP contribution in [-0.4, -0.2) is 12.2 Å². The Kier molecular flexibility index (Phi) is 2.64. The van der Waals surface area contributed by atoms with Gasteiger partial charge in [-0.1, -0.05) is 0 Å². The average Bonchev–Trinajstić information content (AvgIpc) is 2.74. The van der Waals surface area contributed by atoms with Crippen molar-refractivity contribution >= 4 is 11.3 Å². The molecule has 1 saturated heterocycles. The van der Waals surface area contributed by atoms with Crippen molar-refractivity contribution in [1.82, 2.24) is 0 Å². The van der Waals surface area contributed by atoms with Gasteiger partial charge in [0, 0.05) is 11.5 Å². The number of hydrogen-bond donors (Lipinski definition) is 1. The van der Waals surface area contributed by atoms with E-state index in [1.807, 2.05) is 0 Å². The third-order valence-corrected chi connectivity index (χ3v) is 3.90. The molecular weight excluding hydrogens is 194 g/mol. The van der Waals surface area contributed by atoms with Gasteiger partial charge in [0.1, 0.15) is 0 Å². The third kappa shape index (κ3) is 1.72. The highest BCUT2D eigenvalue weighted by Gasteiger charge is 2.37. The minimum absolute atomic E-state index is 0.0231. The molecule has 14 heavy (non-hydrogen) atoms. The van der Waals surface area contributed by atoms with Gasteiger partial charge in [-0.25, -0.2) is 0 Å². The van der Waals surface area contributed by atoms with E-state index in [4.69, 9.17) is 10.5 Å². The Morgan fingerprint density at radius 1 is 1.64 bits per heavy atom. The molecule has 1 aliphatic rings. The molecule has 1 fully saturated rings. The molecule has 2 nitrogen and oxygen atoms in total. The van der Waals surface area contributed by atoms with Crippen LogP contribution in [0.4, 0.5) is 0 Å². The Labute approximate surface area is 89.1 Å². The first-order chi connectivity index (χ1) is 6.62. The van der Waals surface area contributed by atoms with Crippen molar-refractivity contribution < 1.29 is 4.74 Å². The second kappa shape index (κ2) is 3.65. The maximum absolute atomic E-state index is 6.23. The average molecular weight is 211 g/mol. The molecule has 2 unspecified atom stereocenters. The molecule has 0 aliphatic carbocycles. The molecule has 2 N–H and O–H groups in total. The van der Waals surface area contributed by atoms with Gasteiger partial charge >= 0.3 is 0 Å². The lowest BCUT2D eigenvalue weighted by molar-refractivity contribution is -0.00163. The summed E-state index contributed by atoms with van der Waals surface area (Å²) in [5.41, 5.74) is 7.30. The van der Waals surface area contributed by atoms with Crippen LogP contribution in [0.1, 0.15) is 36.2 Å². The second-order valence-electron chi connectivity index (χ2n) is 4.23. The molecule has 0 aromatic carbocycles. The summed E-state index contributed by atoms with van der Waals surface area (Å²) in [6.45, 7) is 5.09. The van der Waals surface area contributed by atoms with Crippen molar-refractivity contribution in [2.45, 2.75) is 38.3 Å². The number of rotatable bonds is 2. The van der Waals surface area contributed by atoms with Gasteiger partial charge < -0.3 is 10.5 Å². The van der Waals surface area contributed by atoms with E-state index in [0.29, 0.717) is 0 Å². The first-order valence-corrected chi connectivity index (χ1v) is 5.94. The highest BCUT2D eigenvalue weighted by molar-refractivity contribution is 7.10. The zero-order chi connectivity index (χ0) is 10.2. The van der Waals surface area contributed by atoms with Crippen LogP contribution in [0.2, 0.25) is 0 Å². The fourth-order valence-electron chi connectivity index (χ4n) is 2.03. The molecule has 2 atom stereocenters. The fourth-order valence-corrected chi connectivity index (χ4v) is 2.77. The van der Waals surface area contributed by atoms with E-state index in [2.05, 4.69) is 25.3 Å². The number of nitrogens with two attached hydrogens (primary N) is 1. The van der Waals surface area contributed by atoms with Crippen LogP contribution >= 0.6 is 11.3 Å². The van der Waals surface area contributed by atoms with E-state index in [1.165, 1.54) is 10.4 Å². The summed E-state index contributed by atoms with van der Waals surface area (Å²) in [6.07, 6.45) is 2.20. The molecule has 1 aliphatic heterocycles. The lowest BCUT2D eigenvalue weighted by atomic mass is 9.90. The fraction of sp³-hybridized carbons (Fsp3) is 0.636. The Morgan fingerprint density at radius 2 is 2.43 bits per heavy atom. The summed E-state index contributed by atoms with van der Waals surface area (Å²) >= 11 is 1.75. The van der Waals surface area contributed by atoms with Crippen molar-refractivity contribution in [3.8, 4) is 0 Å². The van der Waals surface area contributed by atoms with Gasteiger partial charge in [0.05, 0.1) is 11.6 Å². The minimum atomic E-state index is -0.145. The molecular formula is C11H17NOS. The summed E-state index contributed by atoms with van der Waals surface area (Å²) in [4.78, 5) is 1.32. The molecule has 0 radical (unpaired) electrons. The van der Waals surface area contributed by atoms with Crippen LogP contribution in [0.3, 0.4) is 0 Å². The molecule has 0 bridgehead atoms. The van der Waals surface area contributed by atoms with Crippen LogP contribution < -0.4 is 5.73 Å². The number of aryl methyl sites for hydroxylation is 1. The quantitative estimate of drug-likeness (QED) is 0.816. The highest BCUT2D eigenvalue weighted by Crippen LogP contribution is 2.36. The maximum Gasteiger partial charge on any atom is 0.0847 e. The van der Waals surface area contributed by atoms with Gasteiger partial charge in [0.15, 0.2) is 0 Å². The van der Waals surface area contributed by atoms with E-state index in [9.17, 15) is 0 Å². The molecule has 0 saturated carbocycles. The lowest BCUT2D eigenvalue weighted by Crippen LogP contribution is -2.37. The predicted octanol–water partition coefficient (Wildman–Crippen LogP) is 2.63. The van der Waals surface area contributed by atoms with E-state index in [1.54, 1.807) is 11.3 Å². The van der Waals surface area contributed by atoms with Crippen molar-refractivity contribution in [3.05, 3.63) is 21.9 Å². The summed E-state index contributed by atoms with van der Waals surface area (Å²) < 4.78 is 5.75. The van der Waals surface area contributed by atoms with Gasteiger partial charge in [-0.3, -0.25) is 0 Å². The van der Waals surface area contributed by atoms with Crippen molar-refractivity contribution in [2.75, 3.05) is 6.61 Å². The van der Waals surface area contributed by atoms with Crippen molar-refractivity contribution in [2.24, 2.45) is 5.73 Å². The smallest absolute Gasteiger partial charge is 0.0847 e. The SMILES string of the molecule is Cc1cc(C(N)C2(C)CCCO2)cs1. The van der Waals surface area contributed by atoms with Crippen LogP contribution in [-0.2, 0) is 4.74 Å². The Hall–Kier alpha value is -0.380. The largest absolute Gasteiger partial charge is 0.373 e. The summed E-state index contributed by atoms with van der Waals surface area (Å²) in [5.74, 6) is 0. The minimum Gasteiger partial charge on any atom is -0.373 e. The zero-order valence-corrected chi connectivity index (χ0v) is 9.56. The molecule has 3 heteroatoms. The molecule has 0 amide bonds. The molecule has 1 aromatic rings. The zero-order valence-electron chi connectivity index (χ0n) is 8.75. The van der Waals surface area contributed by atoms with Gasteiger partial charge in [-0.05, 0) is 43.7 Å². The van der Waals surface area contributed by atoms with Crippen molar-refractivity contribution in [3.63, 3.8) is 0 Å². The maximum atomic E-state index is 6.23. The van der Waals surface area contributed by atoms with Crippen LogP contribution in [0, 0.1) is 6.92 Å². The van der Waals surface area contributed by atoms with Crippen LogP contribution in [0.5, 0.6) is 0 Å². The van der Waals surface area contributed by atoms with E-state index >= 15 is 0 Å². The Balaban J connectivity index is 2.18. The second-order valence-corrected chi connectivity index (χ2v) is 5.35. The number of thiophene rings is 1. The van der Waals surface area contributed by atoms with E-state index in [0.717, 1.165) is 19.4 Å². The number of ether oxygens (including phenoxy) is 1. The van der Waals surface area contributed by atoms with Gasteiger partial charge in [0.2, 0.25) is 0 Å². The van der Waals surface area contributed by atoms with Gasteiger partial charge in [-0.2, -0.15) is 0 Å². The Bertz CT molecular complexity index is 315. The third-order valence-electron chi connectivity index (χ3n) is 3.02. The topological polar surface area (TPSA) is 35.2 Å². The van der Waals surface area contributed by atoms with Gasteiger partial charge in [0.25, 0.3) is 0 Å². The lowest BCUT2D eigenvalue weighted by Gasteiger charge is -2.29. The van der Waals surface area contributed by atoms with Crippen LogP contribution in [0.25, 0.3) is 0 Å².